The maximum Gasteiger partial charge on any atom is 0.168 e. The average molecular weight is 320 g/mol. The molecule has 0 aliphatic rings. The molecule has 0 aliphatic carbocycles. The van der Waals surface area contributed by atoms with E-state index in [1.54, 1.807) is 52.7 Å². The Morgan fingerprint density at radius 3 is 1.22 bits per heavy atom. The van der Waals surface area contributed by atoms with Gasteiger partial charge in [-0.05, 0) is 12.1 Å². The van der Waals surface area contributed by atoms with Crippen LogP contribution in [0, 0.1) is 0 Å². The van der Waals surface area contributed by atoms with Crippen LogP contribution in [0.3, 0.4) is 0 Å². The third-order valence-electron chi connectivity index (χ3n) is 3.29. The highest BCUT2D eigenvalue weighted by Crippen LogP contribution is 2.47. The van der Waals surface area contributed by atoms with Gasteiger partial charge in [0.25, 0.3) is 0 Å². The molecule has 0 aliphatic heterocycles. The van der Waals surface area contributed by atoms with Crippen LogP contribution in [0.5, 0.6) is 23.0 Å². The fourth-order valence-electron chi connectivity index (χ4n) is 2.37. The van der Waals surface area contributed by atoms with E-state index in [2.05, 4.69) is 0 Å². The average Bonchev–Trinajstić information content (AvgIpc) is 2.52. The smallest absolute Gasteiger partial charge is 0.168 e. The van der Waals surface area contributed by atoms with Gasteiger partial charge in [0, 0.05) is 34.6 Å². The van der Waals surface area contributed by atoms with Crippen LogP contribution in [-0.2, 0) is 0 Å². The van der Waals surface area contributed by atoms with E-state index in [4.69, 9.17) is 30.4 Å². The lowest BCUT2D eigenvalue weighted by Crippen LogP contribution is -2.00. The fraction of sp³-hybridized carbons (Fsp3) is 0.294. The number of ether oxygens (including phenoxy) is 4. The van der Waals surface area contributed by atoms with Gasteiger partial charge in [-0.15, -0.1) is 0 Å². The molecule has 0 spiro atoms. The summed E-state index contributed by atoms with van der Waals surface area (Å²) in [5.41, 5.74) is 14.4. The summed E-state index contributed by atoms with van der Waals surface area (Å²) in [7, 11) is 6.23. The molecule has 2 aromatic rings. The van der Waals surface area contributed by atoms with Crippen LogP contribution in [0.25, 0.3) is 11.1 Å². The molecule has 0 unspecified atom stereocenters. The Hall–Kier alpha value is -2.76. The van der Waals surface area contributed by atoms with Crippen LogP contribution in [0.1, 0.15) is 7.43 Å². The quantitative estimate of drug-likeness (QED) is 0.822. The van der Waals surface area contributed by atoms with Crippen molar-refractivity contribution in [3.8, 4) is 34.1 Å². The number of rotatable bonds is 5. The number of methoxy groups -OCH3 is 4. The van der Waals surface area contributed by atoms with Gasteiger partial charge in [-0.25, -0.2) is 0 Å². The maximum absolute atomic E-state index is 5.96. The molecule has 2 rings (SSSR count). The number of hydrogen-bond donors (Lipinski definition) is 2. The fourth-order valence-corrected chi connectivity index (χ4v) is 2.37. The first-order valence-corrected chi connectivity index (χ1v) is 6.59. The van der Waals surface area contributed by atoms with Gasteiger partial charge in [0.1, 0.15) is 0 Å². The normalized spacial score (nSPS) is 9.74. The molecule has 0 saturated heterocycles. The van der Waals surface area contributed by atoms with Gasteiger partial charge in [-0.1, -0.05) is 7.43 Å². The van der Waals surface area contributed by atoms with Crippen molar-refractivity contribution in [3.63, 3.8) is 0 Å². The third-order valence-corrected chi connectivity index (χ3v) is 3.29. The van der Waals surface area contributed by atoms with E-state index in [-0.39, 0.29) is 7.43 Å². The summed E-state index contributed by atoms with van der Waals surface area (Å²) in [5.74, 6) is 2.15. The van der Waals surface area contributed by atoms with Crippen LogP contribution < -0.4 is 30.4 Å². The minimum absolute atomic E-state index is 0. The minimum atomic E-state index is 0. The second kappa shape index (κ2) is 7.49. The van der Waals surface area contributed by atoms with Crippen molar-refractivity contribution in [1.82, 2.24) is 0 Å². The van der Waals surface area contributed by atoms with Gasteiger partial charge < -0.3 is 30.4 Å². The van der Waals surface area contributed by atoms with E-state index < -0.39 is 0 Å². The van der Waals surface area contributed by atoms with Crippen LogP contribution in [-0.4, -0.2) is 28.4 Å². The zero-order valence-electron chi connectivity index (χ0n) is 13.1. The molecule has 0 radical (unpaired) electrons. The van der Waals surface area contributed by atoms with Crippen molar-refractivity contribution in [2.45, 2.75) is 7.43 Å². The first-order valence-electron chi connectivity index (χ1n) is 6.59. The molecule has 0 aromatic heterocycles. The molecule has 23 heavy (non-hydrogen) atoms. The molecule has 0 heterocycles. The summed E-state index contributed by atoms with van der Waals surface area (Å²) in [6.45, 7) is 0. The lowest BCUT2D eigenvalue weighted by atomic mass is 10.0. The summed E-state index contributed by atoms with van der Waals surface area (Å²) < 4.78 is 21.6. The van der Waals surface area contributed by atoms with Crippen LogP contribution in [0.15, 0.2) is 24.3 Å². The number of hydrogen-bond acceptors (Lipinski definition) is 6. The third kappa shape index (κ3) is 3.36. The summed E-state index contributed by atoms with van der Waals surface area (Å²) >= 11 is 0. The number of nitrogens with two attached hydrogens (primary N) is 2. The molecule has 4 N–H and O–H groups in total. The van der Waals surface area contributed by atoms with Gasteiger partial charge in [0.2, 0.25) is 0 Å². The highest BCUT2D eigenvalue weighted by molar-refractivity contribution is 5.85. The zero-order chi connectivity index (χ0) is 16.3. The van der Waals surface area contributed by atoms with Crippen LogP contribution >= 0.6 is 0 Å². The SMILES string of the molecule is C.COc1cc(N)cc(-c2cc(N)cc(OC)c2OC)c1OC. The van der Waals surface area contributed by atoms with Crippen molar-refractivity contribution in [2.24, 2.45) is 0 Å². The van der Waals surface area contributed by atoms with Crippen molar-refractivity contribution in [3.05, 3.63) is 24.3 Å². The number of anilines is 2. The van der Waals surface area contributed by atoms with Crippen LogP contribution in [0.2, 0.25) is 0 Å². The maximum atomic E-state index is 5.96. The molecule has 6 nitrogen and oxygen atoms in total. The molecule has 0 atom stereocenters. The molecule has 0 fully saturated rings. The molecular formula is C17H24N2O4. The largest absolute Gasteiger partial charge is 0.493 e. The van der Waals surface area contributed by atoms with Gasteiger partial charge >= 0.3 is 0 Å². The predicted molar refractivity (Wildman–Crippen MR) is 93.6 cm³/mol. The Balaban J connectivity index is 0.00000264. The van der Waals surface area contributed by atoms with Gasteiger partial charge in [0.15, 0.2) is 23.0 Å². The van der Waals surface area contributed by atoms with Crippen molar-refractivity contribution < 1.29 is 18.9 Å². The van der Waals surface area contributed by atoms with Crippen LogP contribution in [0.4, 0.5) is 11.4 Å². The molecular weight excluding hydrogens is 296 g/mol. The molecule has 0 amide bonds. The Labute approximate surface area is 136 Å². The van der Waals surface area contributed by atoms with E-state index in [9.17, 15) is 0 Å². The molecule has 0 bridgehead atoms. The standard InChI is InChI=1S/C16H20N2O4.CH4/c1-19-13-7-9(17)5-11(15(13)21-3)12-6-10(18)8-14(20-2)16(12)22-4;/h5-8H,17-18H2,1-4H3;1H4. The monoisotopic (exact) mass is 320 g/mol. The molecule has 2 aromatic carbocycles. The summed E-state index contributed by atoms with van der Waals surface area (Å²) in [4.78, 5) is 0. The number of nitrogen functional groups attached to an aromatic ring is 2. The van der Waals surface area contributed by atoms with E-state index >= 15 is 0 Å². The van der Waals surface area contributed by atoms with Crippen molar-refractivity contribution in [2.75, 3.05) is 39.9 Å². The zero-order valence-corrected chi connectivity index (χ0v) is 13.1. The summed E-state index contributed by atoms with van der Waals surface area (Å²) in [6, 6.07) is 6.94. The molecule has 0 saturated carbocycles. The van der Waals surface area contributed by atoms with E-state index in [0.29, 0.717) is 45.5 Å². The lowest BCUT2D eigenvalue weighted by molar-refractivity contribution is 0.352. The Kier molecular flexibility index (Phi) is 5.95. The Morgan fingerprint density at radius 2 is 0.957 bits per heavy atom. The van der Waals surface area contributed by atoms with E-state index in [1.807, 2.05) is 0 Å². The minimum Gasteiger partial charge on any atom is -0.493 e. The van der Waals surface area contributed by atoms with Crippen molar-refractivity contribution in [1.29, 1.82) is 0 Å². The molecule has 126 valence electrons. The van der Waals surface area contributed by atoms with Gasteiger partial charge in [-0.2, -0.15) is 0 Å². The predicted octanol–water partition coefficient (Wildman–Crippen LogP) is 3.19. The second-order valence-corrected chi connectivity index (χ2v) is 4.61. The molecule has 6 heteroatoms. The second-order valence-electron chi connectivity index (χ2n) is 4.61. The lowest BCUT2D eigenvalue weighted by Gasteiger charge is -2.18. The Morgan fingerprint density at radius 1 is 0.609 bits per heavy atom. The summed E-state index contributed by atoms with van der Waals surface area (Å²) in [6.07, 6.45) is 0. The first-order chi connectivity index (χ1) is 10.5. The van der Waals surface area contributed by atoms with E-state index in [0.717, 1.165) is 0 Å². The topological polar surface area (TPSA) is 89.0 Å². The van der Waals surface area contributed by atoms with Crippen molar-refractivity contribution >= 4 is 11.4 Å². The van der Waals surface area contributed by atoms with E-state index in [1.165, 1.54) is 0 Å². The van der Waals surface area contributed by atoms with Gasteiger partial charge in [0.05, 0.1) is 28.4 Å². The highest BCUT2D eigenvalue weighted by atomic mass is 16.5. The highest BCUT2D eigenvalue weighted by Gasteiger charge is 2.20. The summed E-state index contributed by atoms with van der Waals surface area (Å²) in [5, 5.41) is 0. The first kappa shape index (κ1) is 18.3. The Bertz CT molecular complexity index is 627. The van der Waals surface area contributed by atoms with Gasteiger partial charge in [-0.3, -0.25) is 0 Å². The number of benzene rings is 2.